The normalized spacial score (nSPS) is 27.3. The van der Waals surface area contributed by atoms with Gasteiger partial charge in [0.1, 0.15) is 5.76 Å². The van der Waals surface area contributed by atoms with E-state index in [0.29, 0.717) is 12.2 Å². The Morgan fingerprint density at radius 3 is 2.72 bits per heavy atom. The molecule has 0 aromatic carbocycles. The second-order valence-corrected chi connectivity index (χ2v) is 5.21. The van der Waals surface area contributed by atoms with Gasteiger partial charge in [-0.05, 0) is 32.9 Å². The molecule has 1 saturated heterocycles. The summed E-state index contributed by atoms with van der Waals surface area (Å²) in [7, 11) is 0. The highest BCUT2D eigenvalue weighted by Gasteiger charge is 2.21. The van der Waals surface area contributed by atoms with E-state index < -0.39 is 0 Å². The Balaban J connectivity index is 1.69. The standard InChI is InChI=1S/C14H24N2O2/c1-11-9-16(10-12(2)18-11)7-6-15-13(3)14-5-4-8-17-14/h4-5,8,11-13,15H,6-7,9-10H2,1-3H3. The zero-order chi connectivity index (χ0) is 13.0. The molecule has 2 heterocycles. The maximum Gasteiger partial charge on any atom is 0.120 e. The molecule has 0 amide bonds. The molecule has 0 radical (unpaired) electrons. The van der Waals surface area contributed by atoms with Gasteiger partial charge in [-0.25, -0.2) is 0 Å². The first-order valence-corrected chi connectivity index (χ1v) is 6.79. The molecule has 1 aromatic rings. The SMILES string of the molecule is CC1CN(CCNC(C)c2ccco2)CC(C)O1. The van der Waals surface area contributed by atoms with Crippen molar-refractivity contribution in [3.8, 4) is 0 Å². The third kappa shape index (κ3) is 3.83. The minimum Gasteiger partial charge on any atom is -0.468 e. The van der Waals surface area contributed by atoms with E-state index in [9.17, 15) is 0 Å². The monoisotopic (exact) mass is 252 g/mol. The van der Waals surface area contributed by atoms with Crippen LogP contribution in [0.2, 0.25) is 0 Å². The predicted octanol–water partition coefficient (Wildman–Crippen LogP) is 2.04. The van der Waals surface area contributed by atoms with Gasteiger partial charge in [-0.2, -0.15) is 0 Å². The Kier molecular flexibility index (Phi) is 4.80. The molecule has 1 aromatic heterocycles. The third-order valence-corrected chi connectivity index (χ3v) is 3.34. The Bertz CT molecular complexity index is 330. The first kappa shape index (κ1) is 13.6. The van der Waals surface area contributed by atoms with Crippen LogP contribution in [-0.2, 0) is 4.74 Å². The molecular formula is C14H24N2O2. The summed E-state index contributed by atoms with van der Waals surface area (Å²) in [6.07, 6.45) is 2.41. The van der Waals surface area contributed by atoms with E-state index in [1.165, 1.54) is 0 Å². The first-order chi connectivity index (χ1) is 8.65. The molecule has 1 aliphatic rings. The van der Waals surface area contributed by atoms with Crippen molar-refractivity contribution < 1.29 is 9.15 Å². The Hall–Kier alpha value is -0.840. The zero-order valence-electron chi connectivity index (χ0n) is 11.6. The van der Waals surface area contributed by atoms with Gasteiger partial charge in [0, 0.05) is 26.2 Å². The molecule has 1 N–H and O–H groups in total. The highest BCUT2D eigenvalue weighted by molar-refractivity contribution is 5.02. The lowest BCUT2D eigenvalue weighted by atomic mass is 10.2. The summed E-state index contributed by atoms with van der Waals surface area (Å²) in [6.45, 7) is 10.5. The molecule has 3 atom stereocenters. The van der Waals surface area contributed by atoms with Gasteiger partial charge in [0.2, 0.25) is 0 Å². The Labute approximate surface area is 109 Å². The highest BCUT2D eigenvalue weighted by atomic mass is 16.5. The smallest absolute Gasteiger partial charge is 0.120 e. The van der Waals surface area contributed by atoms with Crippen molar-refractivity contribution in [2.24, 2.45) is 0 Å². The summed E-state index contributed by atoms with van der Waals surface area (Å²) in [5.74, 6) is 0.999. The van der Waals surface area contributed by atoms with Crippen molar-refractivity contribution in [1.29, 1.82) is 0 Å². The fourth-order valence-corrected chi connectivity index (χ4v) is 2.54. The molecular weight excluding hydrogens is 228 g/mol. The van der Waals surface area contributed by atoms with Crippen LogP contribution >= 0.6 is 0 Å². The number of nitrogens with one attached hydrogen (secondary N) is 1. The fourth-order valence-electron chi connectivity index (χ4n) is 2.54. The molecule has 4 heteroatoms. The number of rotatable bonds is 5. The predicted molar refractivity (Wildman–Crippen MR) is 71.6 cm³/mol. The van der Waals surface area contributed by atoms with Crippen LogP contribution in [0.25, 0.3) is 0 Å². The minimum absolute atomic E-state index is 0.274. The quantitative estimate of drug-likeness (QED) is 0.870. The molecule has 4 nitrogen and oxygen atoms in total. The van der Waals surface area contributed by atoms with Gasteiger partial charge in [-0.3, -0.25) is 4.90 Å². The summed E-state index contributed by atoms with van der Waals surface area (Å²) in [5.41, 5.74) is 0. The van der Waals surface area contributed by atoms with Crippen molar-refractivity contribution in [3.63, 3.8) is 0 Å². The van der Waals surface area contributed by atoms with Crippen LogP contribution in [0.5, 0.6) is 0 Å². The number of ether oxygens (including phenoxy) is 1. The summed E-state index contributed by atoms with van der Waals surface area (Å²) >= 11 is 0. The maximum atomic E-state index is 5.73. The lowest BCUT2D eigenvalue weighted by Crippen LogP contribution is -2.47. The van der Waals surface area contributed by atoms with Crippen LogP contribution in [0.3, 0.4) is 0 Å². The van der Waals surface area contributed by atoms with Gasteiger partial charge in [-0.1, -0.05) is 0 Å². The van der Waals surface area contributed by atoms with Crippen LogP contribution in [0, 0.1) is 0 Å². The van der Waals surface area contributed by atoms with E-state index in [0.717, 1.165) is 31.9 Å². The summed E-state index contributed by atoms with van der Waals surface area (Å²) in [4.78, 5) is 2.46. The largest absolute Gasteiger partial charge is 0.468 e. The van der Waals surface area contributed by atoms with Gasteiger partial charge >= 0.3 is 0 Å². The van der Waals surface area contributed by atoms with Crippen molar-refractivity contribution in [3.05, 3.63) is 24.2 Å². The molecule has 0 aliphatic carbocycles. The third-order valence-electron chi connectivity index (χ3n) is 3.34. The Morgan fingerprint density at radius 1 is 1.39 bits per heavy atom. The summed E-state index contributed by atoms with van der Waals surface area (Å²) in [5, 5.41) is 3.49. The number of nitrogens with zero attached hydrogens (tertiary/aromatic N) is 1. The molecule has 0 saturated carbocycles. The van der Waals surface area contributed by atoms with Gasteiger partial charge in [0.05, 0.1) is 24.5 Å². The van der Waals surface area contributed by atoms with Crippen molar-refractivity contribution in [2.45, 2.75) is 39.0 Å². The molecule has 1 aliphatic heterocycles. The number of hydrogen-bond acceptors (Lipinski definition) is 4. The molecule has 1 fully saturated rings. The number of furan rings is 1. The van der Waals surface area contributed by atoms with Crippen molar-refractivity contribution in [2.75, 3.05) is 26.2 Å². The van der Waals surface area contributed by atoms with E-state index in [2.05, 4.69) is 31.0 Å². The van der Waals surface area contributed by atoms with E-state index >= 15 is 0 Å². The highest BCUT2D eigenvalue weighted by Crippen LogP contribution is 2.12. The molecule has 102 valence electrons. The maximum absolute atomic E-state index is 5.73. The molecule has 2 rings (SSSR count). The second kappa shape index (κ2) is 6.36. The topological polar surface area (TPSA) is 37.6 Å². The number of morpholine rings is 1. The van der Waals surface area contributed by atoms with E-state index in [4.69, 9.17) is 9.15 Å². The average Bonchev–Trinajstić information content (AvgIpc) is 2.80. The molecule has 18 heavy (non-hydrogen) atoms. The fraction of sp³-hybridized carbons (Fsp3) is 0.714. The Morgan fingerprint density at radius 2 is 2.11 bits per heavy atom. The van der Waals surface area contributed by atoms with Gasteiger partial charge in [0.15, 0.2) is 0 Å². The zero-order valence-corrected chi connectivity index (χ0v) is 11.6. The van der Waals surface area contributed by atoms with Crippen molar-refractivity contribution in [1.82, 2.24) is 10.2 Å². The molecule has 0 bridgehead atoms. The first-order valence-electron chi connectivity index (χ1n) is 6.79. The lowest BCUT2D eigenvalue weighted by Gasteiger charge is -2.35. The molecule has 3 unspecified atom stereocenters. The van der Waals surface area contributed by atoms with Crippen LogP contribution in [0.1, 0.15) is 32.6 Å². The van der Waals surface area contributed by atoms with Gasteiger partial charge in [-0.15, -0.1) is 0 Å². The second-order valence-electron chi connectivity index (χ2n) is 5.21. The van der Waals surface area contributed by atoms with E-state index in [1.807, 2.05) is 12.1 Å². The van der Waals surface area contributed by atoms with Crippen molar-refractivity contribution >= 4 is 0 Å². The number of hydrogen-bond donors (Lipinski definition) is 1. The average molecular weight is 252 g/mol. The lowest BCUT2D eigenvalue weighted by molar-refractivity contribution is -0.0675. The van der Waals surface area contributed by atoms with E-state index in [-0.39, 0.29) is 6.04 Å². The minimum atomic E-state index is 0.274. The van der Waals surface area contributed by atoms with Crippen LogP contribution in [-0.4, -0.2) is 43.3 Å². The molecule has 0 spiro atoms. The van der Waals surface area contributed by atoms with Gasteiger partial charge < -0.3 is 14.5 Å². The van der Waals surface area contributed by atoms with Crippen LogP contribution in [0.15, 0.2) is 22.8 Å². The van der Waals surface area contributed by atoms with E-state index in [1.54, 1.807) is 6.26 Å². The van der Waals surface area contributed by atoms with Crippen LogP contribution in [0.4, 0.5) is 0 Å². The summed E-state index contributed by atoms with van der Waals surface area (Å²) < 4.78 is 11.1. The van der Waals surface area contributed by atoms with Gasteiger partial charge in [0.25, 0.3) is 0 Å². The summed E-state index contributed by atoms with van der Waals surface area (Å²) in [6, 6.07) is 4.21. The van der Waals surface area contributed by atoms with Crippen LogP contribution < -0.4 is 5.32 Å².